The Morgan fingerprint density at radius 2 is 1.60 bits per heavy atom. The third kappa shape index (κ3) is 6.39. The zero-order valence-corrected chi connectivity index (χ0v) is 21.3. The first-order valence-corrected chi connectivity index (χ1v) is 12.8. The van der Waals surface area contributed by atoms with Crippen LogP contribution in [0.15, 0.2) is 59.8 Å². The van der Waals surface area contributed by atoms with Gasteiger partial charge in [-0.3, -0.25) is 9.59 Å². The number of aryl methyl sites for hydroxylation is 1. The Balaban J connectivity index is 1.35. The number of piperazine rings is 1. The standard InChI is InChI=1S/C27H31N5O2S/c1-19-20(2)29-27(30-25(19)32-15-13-31(14-16-32)21(3)33)35-18-23-9-11-24(12-10-23)26(34)28-17-22-7-5-4-6-8-22/h4-12H,13-18H2,1-3H3,(H,28,34). The van der Waals surface area contributed by atoms with E-state index < -0.39 is 0 Å². The topological polar surface area (TPSA) is 78.4 Å². The van der Waals surface area contributed by atoms with E-state index in [1.165, 1.54) is 0 Å². The number of carbonyl (C=O) groups excluding carboxylic acids is 2. The lowest BCUT2D eigenvalue weighted by Gasteiger charge is -2.35. The van der Waals surface area contributed by atoms with Gasteiger partial charge in [-0.1, -0.05) is 54.2 Å². The molecule has 0 saturated carbocycles. The molecule has 0 atom stereocenters. The molecule has 3 aromatic rings. The van der Waals surface area contributed by atoms with Gasteiger partial charge in [0.25, 0.3) is 5.91 Å². The van der Waals surface area contributed by atoms with E-state index >= 15 is 0 Å². The van der Waals surface area contributed by atoms with Crippen LogP contribution in [0, 0.1) is 13.8 Å². The highest BCUT2D eigenvalue weighted by atomic mass is 32.2. The fourth-order valence-corrected chi connectivity index (χ4v) is 4.82. The summed E-state index contributed by atoms with van der Waals surface area (Å²) in [6.45, 7) is 9.17. The smallest absolute Gasteiger partial charge is 0.251 e. The molecule has 7 nitrogen and oxygen atoms in total. The summed E-state index contributed by atoms with van der Waals surface area (Å²) in [6.07, 6.45) is 0. The summed E-state index contributed by atoms with van der Waals surface area (Å²) in [5, 5.41) is 3.70. The summed E-state index contributed by atoms with van der Waals surface area (Å²) < 4.78 is 0. The molecule has 2 amide bonds. The van der Waals surface area contributed by atoms with E-state index in [4.69, 9.17) is 4.98 Å². The largest absolute Gasteiger partial charge is 0.353 e. The molecule has 1 fully saturated rings. The first-order valence-electron chi connectivity index (χ1n) is 11.8. The minimum Gasteiger partial charge on any atom is -0.353 e. The number of carbonyl (C=O) groups is 2. The average Bonchev–Trinajstić information content (AvgIpc) is 2.89. The number of hydrogen-bond acceptors (Lipinski definition) is 6. The Hall–Kier alpha value is -3.39. The second-order valence-electron chi connectivity index (χ2n) is 8.69. The van der Waals surface area contributed by atoms with Crippen molar-refractivity contribution in [2.45, 2.75) is 38.2 Å². The molecular weight excluding hydrogens is 458 g/mol. The van der Waals surface area contributed by atoms with Gasteiger partial charge in [-0.15, -0.1) is 0 Å². The summed E-state index contributed by atoms with van der Waals surface area (Å²) in [5.41, 5.74) is 4.87. The van der Waals surface area contributed by atoms with E-state index in [2.05, 4.69) is 22.1 Å². The Kier molecular flexibility index (Phi) is 8.02. The maximum absolute atomic E-state index is 12.5. The number of rotatable bonds is 7. The Labute approximate surface area is 211 Å². The number of anilines is 1. The summed E-state index contributed by atoms with van der Waals surface area (Å²) in [4.78, 5) is 37.8. The summed E-state index contributed by atoms with van der Waals surface area (Å²) in [5.74, 6) is 1.70. The second kappa shape index (κ2) is 11.4. The first-order chi connectivity index (χ1) is 16.9. The molecule has 1 saturated heterocycles. The maximum atomic E-state index is 12.5. The number of amides is 2. The Bertz CT molecular complexity index is 1180. The van der Waals surface area contributed by atoms with Crippen LogP contribution in [0.4, 0.5) is 5.82 Å². The van der Waals surface area contributed by atoms with Gasteiger partial charge in [-0.2, -0.15) is 0 Å². The van der Waals surface area contributed by atoms with Gasteiger partial charge >= 0.3 is 0 Å². The van der Waals surface area contributed by atoms with Crippen molar-refractivity contribution in [2.24, 2.45) is 0 Å². The lowest BCUT2D eigenvalue weighted by atomic mass is 10.1. The molecule has 0 bridgehead atoms. The Morgan fingerprint density at radius 1 is 0.914 bits per heavy atom. The van der Waals surface area contributed by atoms with Crippen LogP contribution in [0.2, 0.25) is 0 Å². The summed E-state index contributed by atoms with van der Waals surface area (Å²) >= 11 is 1.59. The number of nitrogens with zero attached hydrogens (tertiary/aromatic N) is 4. The maximum Gasteiger partial charge on any atom is 0.251 e. The highest BCUT2D eigenvalue weighted by molar-refractivity contribution is 7.98. The number of thioether (sulfide) groups is 1. The molecule has 182 valence electrons. The van der Waals surface area contributed by atoms with Crippen molar-refractivity contribution in [1.29, 1.82) is 0 Å². The third-order valence-corrected chi connectivity index (χ3v) is 7.17. The van der Waals surface area contributed by atoms with Crippen molar-refractivity contribution in [3.63, 3.8) is 0 Å². The van der Waals surface area contributed by atoms with Gasteiger partial charge < -0.3 is 15.1 Å². The molecule has 2 heterocycles. The van der Waals surface area contributed by atoms with Gasteiger partial charge in [-0.05, 0) is 37.1 Å². The van der Waals surface area contributed by atoms with Crippen molar-refractivity contribution in [3.05, 3.63) is 82.5 Å². The second-order valence-corrected chi connectivity index (χ2v) is 9.63. The van der Waals surface area contributed by atoms with Crippen LogP contribution in [0.3, 0.4) is 0 Å². The normalized spacial score (nSPS) is 13.6. The zero-order valence-electron chi connectivity index (χ0n) is 20.5. The molecule has 1 aliphatic heterocycles. The number of aromatic nitrogens is 2. The van der Waals surface area contributed by atoms with Crippen LogP contribution < -0.4 is 10.2 Å². The lowest BCUT2D eigenvalue weighted by molar-refractivity contribution is -0.129. The van der Waals surface area contributed by atoms with Crippen molar-refractivity contribution in [1.82, 2.24) is 20.2 Å². The molecule has 2 aromatic carbocycles. The van der Waals surface area contributed by atoms with Crippen LogP contribution in [0.1, 0.15) is 39.7 Å². The van der Waals surface area contributed by atoms with Gasteiger partial charge in [0.15, 0.2) is 5.16 Å². The number of nitrogens with one attached hydrogen (secondary N) is 1. The molecule has 0 radical (unpaired) electrons. The lowest BCUT2D eigenvalue weighted by Crippen LogP contribution is -2.48. The zero-order chi connectivity index (χ0) is 24.8. The molecule has 1 N–H and O–H groups in total. The minimum atomic E-state index is -0.0833. The molecule has 8 heteroatoms. The van der Waals surface area contributed by atoms with E-state index in [9.17, 15) is 9.59 Å². The predicted molar refractivity (Wildman–Crippen MR) is 140 cm³/mol. The van der Waals surface area contributed by atoms with Crippen LogP contribution in [0.5, 0.6) is 0 Å². The van der Waals surface area contributed by atoms with Crippen molar-refractivity contribution < 1.29 is 9.59 Å². The summed E-state index contributed by atoms with van der Waals surface area (Å²) in [7, 11) is 0. The monoisotopic (exact) mass is 489 g/mol. The predicted octanol–water partition coefficient (Wildman–Crippen LogP) is 3.98. The van der Waals surface area contributed by atoms with E-state index in [-0.39, 0.29) is 11.8 Å². The third-order valence-electron chi connectivity index (χ3n) is 6.25. The average molecular weight is 490 g/mol. The van der Waals surface area contributed by atoms with Gasteiger partial charge in [0, 0.05) is 62.2 Å². The molecular formula is C27H31N5O2S. The van der Waals surface area contributed by atoms with Crippen molar-refractivity contribution in [2.75, 3.05) is 31.1 Å². The number of hydrogen-bond donors (Lipinski definition) is 1. The van der Waals surface area contributed by atoms with E-state index in [0.29, 0.717) is 31.0 Å². The molecule has 1 aliphatic rings. The molecule has 0 unspecified atom stereocenters. The quantitative estimate of drug-likeness (QED) is 0.400. The SMILES string of the molecule is CC(=O)N1CCN(c2nc(SCc3ccc(C(=O)NCc4ccccc4)cc3)nc(C)c2C)CC1. The highest BCUT2D eigenvalue weighted by Gasteiger charge is 2.22. The van der Waals surface area contributed by atoms with Crippen molar-refractivity contribution in [3.8, 4) is 0 Å². The molecule has 35 heavy (non-hydrogen) atoms. The van der Waals surface area contributed by atoms with Gasteiger partial charge in [-0.25, -0.2) is 9.97 Å². The molecule has 0 aliphatic carbocycles. The van der Waals surface area contributed by atoms with Crippen LogP contribution in [0.25, 0.3) is 0 Å². The van der Waals surface area contributed by atoms with Gasteiger partial charge in [0.2, 0.25) is 5.91 Å². The van der Waals surface area contributed by atoms with Crippen LogP contribution in [-0.4, -0.2) is 52.9 Å². The molecule has 0 spiro atoms. The van der Waals surface area contributed by atoms with Gasteiger partial charge in [0.1, 0.15) is 5.82 Å². The highest BCUT2D eigenvalue weighted by Crippen LogP contribution is 2.27. The van der Waals surface area contributed by atoms with Crippen LogP contribution in [-0.2, 0) is 17.1 Å². The van der Waals surface area contributed by atoms with Crippen molar-refractivity contribution >= 4 is 29.4 Å². The fourth-order valence-electron chi connectivity index (χ4n) is 3.97. The van der Waals surface area contributed by atoms with E-state index in [0.717, 1.165) is 46.4 Å². The van der Waals surface area contributed by atoms with Gasteiger partial charge in [0.05, 0.1) is 0 Å². The Morgan fingerprint density at radius 3 is 2.26 bits per heavy atom. The van der Waals surface area contributed by atoms with E-state index in [1.54, 1.807) is 18.7 Å². The minimum absolute atomic E-state index is 0.0833. The summed E-state index contributed by atoms with van der Waals surface area (Å²) in [6, 6.07) is 17.5. The molecule has 4 rings (SSSR count). The fraction of sp³-hybridized carbons (Fsp3) is 0.333. The first kappa shape index (κ1) is 24.7. The molecule has 1 aromatic heterocycles. The van der Waals surface area contributed by atoms with Crippen LogP contribution >= 0.6 is 11.8 Å². The van der Waals surface area contributed by atoms with E-state index in [1.807, 2.05) is 66.4 Å². The number of benzene rings is 2.